The largest absolute Gasteiger partial charge is 0.493 e. The highest BCUT2D eigenvalue weighted by atomic mass is 16.5. The fourth-order valence-corrected chi connectivity index (χ4v) is 3.18. The highest BCUT2D eigenvalue weighted by molar-refractivity contribution is 6.09. The lowest BCUT2D eigenvalue weighted by molar-refractivity contribution is 0.0952. The Kier molecular flexibility index (Phi) is 7.33. The molecule has 0 aromatic heterocycles. The van der Waals surface area contributed by atoms with Gasteiger partial charge in [-0.3, -0.25) is 9.59 Å². The second kappa shape index (κ2) is 10.3. The molecule has 0 saturated carbocycles. The Morgan fingerprint density at radius 3 is 2.03 bits per heavy atom. The molecule has 0 spiro atoms. The number of nitrogens with one attached hydrogen (secondary N) is 2. The maximum Gasteiger partial charge on any atom is 0.255 e. The predicted octanol–water partition coefficient (Wildman–Crippen LogP) is 4.20. The third-order valence-corrected chi connectivity index (χ3v) is 4.92. The fraction of sp³-hybridized carbons (Fsp3) is 0.200. The molecule has 3 aromatic carbocycles. The monoisotopic (exact) mass is 434 g/mol. The summed E-state index contributed by atoms with van der Waals surface area (Å²) in [6.07, 6.45) is 0. The Morgan fingerprint density at radius 2 is 1.44 bits per heavy atom. The first-order chi connectivity index (χ1) is 15.5. The molecule has 0 unspecified atom stereocenters. The number of rotatable bonds is 8. The zero-order valence-electron chi connectivity index (χ0n) is 18.5. The van der Waals surface area contributed by atoms with Crippen LogP contribution in [0, 0.1) is 6.92 Å². The topological polar surface area (TPSA) is 85.9 Å². The molecule has 0 aliphatic carbocycles. The molecule has 2 N–H and O–H groups in total. The van der Waals surface area contributed by atoms with Crippen molar-refractivity contribution in [3.63, 3.8) is 0 Å². The van der Waals surface area contributed by atoms with Crippen molar-refractivity contribution in [3.05, 3.63) is 82.9 Å². The van der Waals surface area contributed by atoms with Crippen LogP contribution in [0.2, 0.25) is 0 Å². The van der Waals surface area contributed by atoms with Gasteiger partial charge in [0, 0.05) is 12.1 Å². The zero-order chi connectivity index (χ0) is 23.1. The fourth-order valence-electron chi connectivity index (χ4n) is 3.18. The number of para-hydroxylation sites is 1. The molecule has 0 bridgehead atoms. The molecule has 166 valence electrons. The lowest BCUT2D eigenvalue weighted by Gasteiger charge is -2.15. The molecular formula is C25H26N2O5. The predicted molar refractivity (Wildman–Crippen MR) is 123 cm³/mol. The summed E-state index contributed by atoms with van der Waals surface area (Å²) in [6, 6.07) is 17.9. The van der Waals surface area contributed by atoms with Gasteiger partial charge in [-0.15, -0.1) is 0 Å². The first kappa shape index (κ1) is 22.7. The molecular weight excluding hydrogens is 408 g/mol. The molecule has 3 rings (SSSR count). The number of carbonyl (C=O) groups excluding carboxylic acids is 2. The number of ether oxygens (including phenoxy) is 3. The van der Waals surface area contributed by atoms with E-state index in [9.17, 15) is 9.59 Å². The summed E-state index contributed by atoms with van der Waals surface area (Å²) in [4.78, 5) is 25.7. The molecule has 32 heavy (non-hydrogen) atoms. The third kappa shape index (κ3) is 5.18. The molecule has 3 aromatic rings. The molecule has 0 fully saturated rings. The van der Waals surface area contributed by atoms with E-state index >= 15 is 0 Å². The van der Waals surface area contributed by atoms with Gasteiger partial charge in [0.2, 0.25) is 5.75 Å². The van der Waals surface area contributed by atoms with Gasteiger partial charge in [0.25, 0.3) is 11.8 Å². The van der Waals surface area contributed by atoms with Gasteiger partial charge in [-0.25, -0.2) is 0 Å². The number of anilines is 1. The van der Waals surface area contributed by atoms with E-state index in [0.29, 0.717) is 40.6 Å². The van der Waals surface area contributed by atoms with E-state index in [1.807, 2.05) is 31.2 Å². The summed E-state index contributed by atoms with van der Waals surface area (Å²) < 4.78 is 15.9. The average molecular weight is 434 g/mol. The van der Waals surface area contributed by atoms with Crippen LogP contribution in [0.4, 0.5) is 5.69 Å². The normalized spacial score (nSPS) is 10.2. The number of hydrogen-bond donors (Lipinski definition) is 2. The number of methoxy groups -OCH3 is 3. The van der Waals surface area contributed by atoms with Crippen molar-refractivity contribution in [2.45, 2.75) is 13.5 Å². The molecule has 0 atom stereocenters. The molecule has 0 aliphatic heterocycles. The Balaban J connectivity index is 1.79. The number of hydrogen-bond acceptors (Lipinski definition) is 5. The number of carbonyl (C=O) groups is 2. The van der Waals surface area contributed by atoms with Crippen LogP contribution in [0.25, 0.3) is 0 Å². The zero-order valence-corrected chi connectivity index (χ0v) is 18.5. The smallest absolute Gasteiger partial charge is 0.255 e. The minimum atomic E-state index is -0.414. The Morgan fingerprint density at radius 1 is 0.812 bits per heavy atom. The van der Waals surface area contributed by atoms with Crippen molar-refractivity contribution in [2.75, 3.05) is 26.6 Å². The second-order valence-electron chi connectivity index (χ2n) is 7.08. The Hall–Kier alpha value is -4.00. The molecule has 2 amide bonds. The van der Waals surface area contributed by atoms with Gasteiger partial charge < -0.3 is 24.8 Å². The van der Waals surface area contributed by atoms with Crippen molar-refractivity contribution >= 4 is 17.5 Å². The van der Waals surface area contributed by atoms with Crippen LogP contribution in [0.3, 0.4) is 0 Å². The molecule has 7 nitrogen and oxygen atoms in total. The number of aryl methyl sites for hydroxylation is 1. The van der Waals surface area contributed by atoms with E-state index < -0.39 is 5.91 Å². The Bertz CT molecular complexity index is 1080. The van der Waals surface area contributed by atoms with Gasteiger partial charge in [-0.2, -0.15) is 0 Å². The van der Waals surface area contributed by atoms with Crippen molar-refractivity contribution < 1.29 is 23.8 Å². The molecule has 0 radical (unpaired) electrons. The first-order valence-electron chi connectivity index (χ1n) is 10.0. The quantitative estimate of drug-likeness (QED) is 0.555. The van der Waals surface area contributed by atoms with Gasteiger partial charge >= 0.3 is 0 Å². The van der Waals surface area contributed by atoms with Crippen LogP contribution < -0.4 is 24.8 Å². The van der Waals surface area contributed by atoms with Gasteiger partial charge in [0.05, 0.1) is 32.6 Å². The van der Waals surface area contributed by atoms with Crippen LogP contribution in [0.15, 0.2) is 60.7 Å². The van der Waals surface area contributed by atoms with Gasteiger partial charge in [-0.1, -0.05) is 42.0 Å². The van der Waals surface area contributed by atoms with E-state index in [-0.39, 0.29) is 5.91 Å². The van der Waals surface area contributed by atoms with Gasteiger partial charge in [-0.05, 0) is 36.8 Å². The Labute approximate surface area is 187 Å². The molecule has 7 heteroatoms. The highest BCUT2D eigenvalue weighted by Crippen LogP contribution is 2.38. The number of amides is 2. The van der Waals surface area contributed by atoms with E-state index in [4.69, 9.17) is 14.2 Å². The van der Waals surface area contributed by atoms with Crippen LogP contribution in [-0.4, -0.2) is 33.1 Å². The summed E-state index contributed by atoms with van der Waals surface area (Å²) in [5.41, 5.74) is 3.20. The summed E-state index contributed by atoms with van der Waals surface area (Å²) >= 11 is 0. The van der Waals surface area contributed by atoms with Crippen LogP contribution in [0.5, 0.6) is 17.2 Å². The summed E-state index contributed by atoms with van der Waals surface area (Å²) in [5, 5.41) is 5.69. The SMILES string of the molecule is COc1cc(C(=O)Nc2ccccc2C(=O)NCc2ccc(C)cc2)cc(OC)c1OC. The van der Waals surface area contributed by atoms with Crippen molar-refractivity contribution in [2.24, 2.45) is 0 Å². The summed E-state index contributed by atoms with van der Waals surface area (Å²) in [5.74, 6) is 0.416. The summed E-state index contributed by atoms with van der Waals surface area (Å²) in [6.45, 7) is 2.39. The maximum atomic E-state index is 12.9. The lowest BCUT2D eigenvalue weighted by atomic mass is 10.1. The average Bonchev–Trinajstić information content (AvgIpc) is 2.82. The lowest BCUT2D eigenvalue weighted by Crippen LogP contribution is -2.25. The van der Waals surface area contributed by atoms with Crippen molar-refractivity contribution in [1.82, 2.24) is 5.32 Å². The third-order valence-electron chi connectivity index (χ3n) is 4.92. The highest BCUT2D eigenvalue weighted by Gasteiger charge is 2.19. The molecule has 0 heterocycles. The number of benzene rings is 3. The van der Waals surface area contributed by atoms with E-state index in [2.05, 4.69) is 10.6 Å². The van der Waals surface area contributed by atoms with Gasteiger partial charge in [0.1, 0.15) is 0 Å². The molecule has 0 aliphatic rings. The second-order valence-corrected chi connectivity index (χ2v) is 7.08. The first-order valence-corrected chi connectivity index (χ1v) is 10.0. The maximum absolute atomic E-state index is 12.9. The summed E-state index contributed by atoms with van der Waals surface area (Å²) in [7, 11) is 4.45. The minimum Gasteiger partial charge on any atom is -0.493 e. The van der Waals surface area contributed by atoms with E-state index in [1.54, 1.807) is 36.4 Å². The minimum absolute atomic E-state index is 0.286. The van der Waals surface area contributed by atoms with Gasteiger partial charge in [0.15, 0.2) is 11.5 Å². The van der Waals surface area contributed by atoms with Crippen molar-refractivity contribution in [1.29, 1.82) is 0 Å². The van der Waals surface area contributed by atoms with E-state index in [1.165, 1.54) is 21.3 Å². The van der Waals surface area contributed by atoms with Crippen LogP contribution in [-0.2, 0) is 6.54 Å². The van der Waals surface area contributed by atoms with Crippen LogP contribution in [0.1, 0.15) is 31.8 Å². The molecule has 0 saturated heterocycles. The van der Waals surface area contributed by atoms with E-state index in [0.717, 1.165) is 11.1 Å². The standard InChI is InChI=1S/C25H26N2O5/c1-16-9-11-17(12-10-16)15-26-25(29)19-7-5-6-8-20(19)27-24(28)18-13-21(30-2)23(32-4)22(14-18)31-3/h5-14H,15H2,1-4H3,(H,26,29)(H,27,28). The van der Waals surface area contributed by atoms with Crippen LogP contribution >= 0.6 is 0 Å². The van der Waals surface area contributed by atoms with Crippen molar-refractivity contribution in [3.8, 4) is 17.2 Å².